The average Bonchev–Trinajstić information content (AvgIpc) is 4.39. The van der Waals surface area contributed by atoms with Crippen LogP contribution in [0, 0.1) is 29.6 Å². The van der Waals surface area contributed by atoms with E-state index in [-0.39, 0.29) is 89.0 Å². The second kappa shape index (κ2) is 52.2. The Hall–Kier alpha value is -5.30. The van der Waals surface area contributed by atoms with Gasteiger partial charge in [-0.3, -0.25) is 47.9 Å². The molecule has 0 N–H and O–H groups in total. The van der Waals surface area contributed by atoms with Crippen molar-refractivity contribution in [3.05, 3.63) is 0 Å². The molecule has 0 aromatic carbocycles. The number of hydrogen-bond acceptors (Lipinski definition) is 15. The highest BCUT2D eigenvalue weighted by Gasteiger charge is 2.38. The van der Waals surface area contributed by atoms with Gasteiger partial charge >= 0.3 is 29.8 Å². The molecule has 0 aliphatic carbocycles. The first-order chi connectivity index (χ1) is 43.4. The van der Waals surface area contributed by atoms with Crippen molar-refractivity contribution >= 4 is 59.4 Å². The number of rotatable bonds is 40. The third-order valence-corrected chi connectivity index (χ3v) is 16.8. The summed E-state index contributed by atoms with van der Waals surface area (Å²) in [4.78, 5) is 125. The summed E-state index contributed by atoms with van der Waals surface area (Å²) in [6.45, 7) is 28.4. The Morgan fingerprint density at radius 1 is 0.256 bits per heavy atom. The molecule has 5 saturated heterocycles. The van der Waals surface area contributed by atoms with Crippen LogP contribution in [0.15, 0.2) is 0 Å². The van der Waals surface area contributed by atoms with Crippen LogP contribution < -0.4 is 0 Å². The van der Waals surface area contributed by atoms with Gasteiger partial charge in [0.05, 0.1) is 62.6 Å². The fourth-order valence-electron chi connectivity index (χ4n) is 11.6. The molecule has 90 heavy (non-hydrogen) atoms. The molecule has 0 aromatic heterocycles. The van der Waals surface area contributed by atoms with Crippen LogP contribution in [0.25, 0.3) is 0 Å². The first-order valence-electron chi connectivity index (χ1n) is 35.7. The van der Waals surface area contributed by atoms with Crippen LogP contribution in [0.4, 0.5) is 0 Å². The summed E-state index contributed by atoms with van der Waals surface area (Å²) in [5, 5.41) is 0. The minimum Gasteiger partial charge on any atom is -0.466 e. The first kappa shape index (κ1) is 82.7. The lowest BCUT2D eigenvalue weighted by molar-refractivity contribution is -0.148. The Balaban J connectivity index is 0.000000566. The summed E-state index contributed by atoms with van der Waals surface area (Å²) >= 11 is 0. The van der Waals surface area contributed by atoms with Gasteiger partial charge in [-0.15, -0.1) is 0 Å². The Morgan fingerprint density at radius 3 is 0.600 bits per heavy atom. The standard InChI is InChI=1S/C17H31NO3.C16H29NO3.C14H25NO3.C13H23NO3.C10H17NO3/c1-3-5-6-7-8-9-10-11-12-18-14-15(13-16(18)19)17(20)21-4-2;1-3-5-6-7-8-9-10-11-17-13-14(12-15(17)18)16(19)20-4-2;1-3-5-6-7-8-9-15-11-12(10-13(15)16)14(17)18-4-2;1-3-5-6-7-8-14-10-11(9-12(14)15)13(16)17-4-2;1-3-5-11-7-8(6-9(11)12)10(13)14-4-2/h15H,3-14H2,1-2H3;14H,3-13H2,1-2H3;12H,3-11H2,1-2H3;11H,3-10H2,1-2H3;8H,3-7H2,1-2H3. The molecule has 5 aliphatic rings. The lowest BCUT2D eigenvalue weighted by Crippen LogP contribution is -2.27. The Bertz CT molecular complexity index is 2040. The van der Waals surface area contributed by atoms with Crippen LogP contribution in [0.3, 0.4) is 0 Å². The van der Waals surface area contributed by atoms with E-state index in [0.717, 1.165) is 71.2 Å². The van der Waals surface area contributed by atoms with E-state index in [4.69, 9.17) is 23.7 Å². The summed E-state index contributed by atoms with van der Waals surface area (Å²) in [5.74, 6) is -1.85. The molecule has 0 bridgehead atoms. The zero-order valence-corrected chi connectivity index (χ0v) is 58.1. The molecule has 0 radical (unpaired) electrons. The predicted molar refractivity (Wildman–Crippen MR) is 350 cm³/mol. The van der Waals surface area contributed by atoms with Gasteiger partial charge in [0.25, 0.3) is 0 Å². The van der Waals surface area contributed by atoms with Gasteiger partial charge in [-0.25, -0.2) is 0 Å². The van der Waals surface area contributed by atoms with E-state index in [2.05, 4.69) is 27.7 Å². The number of ether oxygens (including phenoxy) is 5. The average molecular weight is 1280 g/mol. The van der Waals surface area contributed by atoms with Crippen molar-refractivity contribution in [1.82, 2.24) is 24.5 Å². The van der Waals surface area contributed by atoms with Crippen molar-refractivity contribution in [2.24, 2.45) is 29.6 Å². The second-order valence-electron chi connectivity index (χ2n) is 24.5. The van der Waals surface area contributed by atoms with Crippen molar-refractivity contribution < 1.29 is 71.6 Å². The molecule has 5 fully saturated rings. The quantitative estimate of drug-likeness (QED) is 0.0315. The van der Waals surface area contributed by atoms with E-state index in [1.54, 1.807) is 44.4 Å². The first-order valence-corrected chi connectivity index (χ1v) is 35.7. The minimum atomic E-state index is -0.244. The molecule has 520 valence electrons. The molecular weight excluding hydrogens is 1150 g/mol. The summed E-state index contributed by atoms with van der Waals surface area (Å²) < 4.78 is 24.8. The molecule has 20 nitrogen and oxygen atoms in total. The molecule has 5 amide bonds. The van der Waals surface area contributed by atoms with E-state index < -0.39 is 0 Å². The fraction of sp³-hybridized carbons (Fsp3) is 0.857. The van der Waals surface area contributed by atoms with E-state index >= 15 is 0 Å². The van der Waals surface area contributed by atoms with E-state index in [1.807, 2.05) is 21.6 Å². The van der Waals surface area contributed by atoms with Gasteiger partial charge in [-0.1, -0.05) is 163 Å². The normalized spacial score (nSPS) is 19.3. The van der Waals surface area contributed by atoms with Crippen molar-refractivity contribution in [2.75, 3.05) is 98.5 Å². The Kier molecular flexibility index (Phi) is 48.0. The molecule has 5 unspecified atom stereocenters. The monoisotopic (exact) mass is 1280 g/mol. The number of carbonyl (C=O) groups excluding carboxylic acids is 10. The zero-order valence-electron chi connectivity index (χ0n) is 58.1. The minimum absolute atomic E-state index is 0.0740. The number of esters is 5. The smallest absolute Gasteiger partial charge is 0.311 e. The Morgan fingerprint density at radius 2 is 0.422 bits per heavy atom. The van der Waals surface area contributed by atoms with Gasteiger partial charge in [-0.05, 0) is 66.7 Å². The molecular formula is C70H125N5O15. The van der Waals surface area contributed by atoms with Crippen molar-refractivity contribution in [3.63, 3.8) is 0 Å². The molecule has 5 heterocycles. The van der Waals surface area contributed by atoms with Crippen LogP contribution in [0.1, 0.15) is 262 Å². The fourth-order valence-corrected chi connectivity index (χ4v) is 11.6. The molecule has 20 heteroatoms. The summed E-state index contributed by atoms with van der Waals surface area (Å²) in [7, 11) is 0. The van der Waals surface area contributed by atoms with Gasteiger partial charge in [0.15, 0.2) is 0 Å². The number of hydrogen-bond donors (Lipinski definition) is 0. The van der Waals surface area contributed by atoms with Crippen LogP contribution in [-0.4, -0.2) is 182 Å². The molecule has 0 aromatic rings. The number of carbonyl (C=O) groups is 10. The largest absolute Gasteiger partial charge is 0.466 e. The van der Waals surface area contributed by atoms with Gasteiger partial charge in [0.2, 0.25) is 29.5 Å². The third kappa shape index (κ3) is 35.5. The number of nitrogens with zero attached hydrogens (tertiary/aromatic N) is 5. The maximum atomic E-state index is 11.8. The number of amides is 5. The topological polar surface area (TPSA) is 233 Å². The van der Waals surface area contributed by atoms with Gasteiger partial charge in [0.1, 0.15) is 0 Å². The SMILES string of the molecule is CCCCCCCCCCN1CC(C(=O)OCC)CC1=O.CCCCCCCCCN1CC(C(=O)OCC)CC1=O.CCCCCCCN1CC(C(=O)OCC)CC1=O.CCCCCCN1CC(C(=O)OCC)CC1=O.CCCN1CC(C(=O)OCC)CC1=O. The third-order valence-electron chi connectivity index (χ3n) is 16.8. The highest BCUT2D eigenvalue weighted by atomic mass is 16.5. The van der Waals surface area contributed by atoms with Gasteiger partial charge in [-0.2, -0.15) is 0 Å². The van der Waals surface area contributed by atoms with Crippen LogP contribution in [0.5, 0.6) is 0 Å². The lowest BCUT2D eigenvalue weighted by atomic mass is 10.1. The van der Waals surface area contributed by atoms with Crippen LogP contribution in [-0.2, 0) is 71.6 Å². The van der Waals surface area contributed by atoms with Gasteiger partial charge in [0, 0.05) is 97.6 Å². The van der Waals surface area contributed by atoms with Crippen LogP contribution in [0.2, 0.25) is 0 Å². The van der Waals surface area contributed by atoms with Crippen LogP contribution >= 0.6 is 0 Å². The second-order valence-corrected chi connectivity index (χ2v) is 24.5. The Labute approximate surface area is 543 Å². The van der Waals surface area contributed by atoms with Gasteiger partial charge < -0.3 is 48.2 Å². The van der Waals surface area contributed by atoms with E-state index in [0.29, 0.717) is 97.9 Å². The molecule has 0 spiro atoms. The molecule has 5 atom stereocenters. The van der Waals surface area contributed by atoms with Crippen molar-refractivity contribution in [1.29, 1.82) is 0 Å². The highest BCUT2D eigenvalue weighted by molar-refractivity contribution is 5.89. The van der Waals surface area contributed by atoms with Crippen molar-refractivity contribution in [2.45, 2.75) is 262 Å². The molecule has 0 saturated carbocycles. The maximum Gasteiger partial charge on any atom is 0.311 e. The summed E-state index contributed by atoms with van der Waals surface area (Å²) in [6.07, 6.45) is 31.9. The maximum absolute atomic E-state index is 11.8. The summed E-state index contributed by atoms with van der Waals surface area (Å²) in [5.41, 5.74) is 0. The molecule has 5 aliphatic heterocycles. The highest BCUT2D eigenvalue weighted by Crippen LogP contribution is 2.25. The summed E-state index contributed by atoms with van der Waals surface area (Å²) in [6, 6.07) is 0. The number of unbranched alkanes of at least 4 members (excludes halogenated alkanes) is 20. The lowest BCUT2D eigenvalue weighted by Gasteiger charge is -2.16. The van der Waals surface area contributed by atoms with E-state index in [1.165, 1.54) is 122 Å². The van der Waals surface area contributed by atoms with Crippen molar-refractivity contribution in [3.8, 4) is 0 Å². The zero-order chi connectivity index (χ0) is 66.9. The predicted octanol–water partition coefficient (Wildman–Crippen LogP) is 11.8. The number of likely N-dealkylation sites (tertiary alicyclic amines) is 5. The molecule has 5 rings (SSSR count). The van der Waals surface area contributed by atoms with E-state index in [9.17, 15) is 47.9 Å².